The van der Waals surface area contributed by atoms with Gasteiger partial charge in [0.15, 0.2) is 0 Å². The molecule has 194 valence electrons. The van der Waals surface area contributed by atoms with E-state index in [1.807, 2.05) is 24.3 Å². The number of nitrogens with one attached hydrogen (secondary N) is 2. The summed E-state index contributed by atoms with van der Waals surface area (Å²) in [5.41, 5.74) is 4.12. The normalized spacial score (nSPS) is 17.9. The molecule has 1 unspecified atom stereocenters. The smallest absolute Gasteiger partial charge is 0.326 e. The zero-order valence-electron chi connectivity index (χ0n) is 21.4. The highest BCUT2D eigenvalue weighted by Gasteiger charge is 2.26. The van der Waals surface area contributed by atoms with Crippen molar-refractivity contribution in [2.45, 2.75) is 71.9 Å². The number of nitrogens with zero attached hydrogens (tertiary/aromatic N) is 2. The molecule has 1 saturated heterocycles. The fourth-order valence-electron chi connectivity index (χ4n) is 4.61. The van der Waals surface area contributed by atoms with E-state index < -0.39 is 18.1 Å². The Labute approximate surface area is 210 Å². The quantitative estimate of drug-likeness (QED) is 0.390. The van der Waals surface area contributed by atoms with Crippen LogP contribution in [-0.2, 0) is 27.4 Å². The highest BCUT2D eigenvalue weighted by molar-refractivity contribution is 5.81. The summed E-state index contributed by atoms with van der Waals surface area (Å²) in [7, 11) is 0. The van der Waals surface area contributed by atoms with Crippen LogP contribution < -0.4 is 10.9 Å². The molecule has 0 saturated carbocycles. The van der Waals surface area contributed by atoms with Crippen molar-refractivity contribution >= 4 is 17.0 Å². The van der Waals surface area contributed by atoms with Crippen LogP contribution in [0.2, 0.25) is 0 Å². The van der Waals surface area contributed by atoms with Gasteiger partial charge in [0.25, 0.3) is 5.56 Å². The number of aliphatic hydroxyl groups excluding tert-OH is 1. The number of carbonyl (C=O) groups excluding carboxylic acids is 1. The largest absolute Gasteiger partial charge is 0.462 e. The number of benzene rings is 1. The third-order valence-corrected chi connectivity index (χ3v) is 6.47. The van der Waals surface area contributed by atoms with Gasteiger partial charge in [-0.3, -0.25) is 14.9 Å². The molecule has 1 aliphatic heterocycles. The van der Waals surface area contributed by atoms with E-state index in [9.17, 15) is 14.7 Å². The van der Waals surface area contributed by atoms with Crippen LogP contribution in [0, 0.1) is 12.8 Å². The van der Waals surface area contributed by atoms with Crippen molar-refractivity contribution in [3.05, 3.63) is 51.9 Å². The molecule has 2 aromatic heterocycles. The molecule has 3 heterocycles. The number of ether oxygens (including phenoxy) is 2. The fourth-order valence-corrected chi connectivity index (χ4v) is 4.61. The maximum absolute atomic E-state index is 12.4. The van der Waals surface area contributed by atoms with Crippen molar-refractivity contribution in [3.8, 4) is 11.4 Å². The average molecular weight is 497 g/mol. The number of rotatable bonds is 9. The summed E-state index contributed by atoms with van der Waals surface area (Å²) in [5, 5.41) is 13.2. The van der Waals surface area contributed by atoms with Crippen LogP contribution in [0.15, 0.2) is 35.3 Å². The van der Waals surface area contributed by atoms with Gasteiger partial charge < -0.3 is 24.1 Å². The van der Waals surface area contributed by atoms with E-state index >= 15 is 0 Å². The predicted molar refractivity (Wildman–Crippen MR) is 138 cm³/mol. The molecule has 1 aromatic carbocycles. The van der Waals surface area contributed by atoms with E-state index in [2.05, 4.69) is 14.9 Å². The number of aromatic nitrogens is 3. The van der Waals surface area contributed by atoms with Gasteiger partial charge in [0.1, 0.15) is 11.9 Å². The Morgan fingerprint density at radius 2 is 2.14 bits per heavy atom. The number of imidazole rings is 1. The topological polar surface area (TPSA) is 118 Å². The lowest BCUT2D eigenvalue weighted by atomic mass is 10.0. The van der Waals surface area contributed by atoms with Crippen molar-refractivity contribution in [1.82, 2.24) is 19.9 Å². The molecule has 1 fully saturated rings. The standard InChI is InChI=1S/C27H36N4O5/c1-16(2)36-27(34)24(18(4)32)28-12-19-7-8-23-22(11-19)30-25(21-10-17(3)26(33)29-13-21)31(23)14-20-6-5-9-35-15-20/h7-8,10-11,13,16,18,20,24,28,32H,5-6,9,12,14-15H2,1-4H3,(H,29,33)/t18-,20?,24+/m1/s1. The Balaban J connectivity index is 1.64. The van der Waals surface area contributed by atoms with Gasteiger partial charge in [0.2, 0.25) is 0 Å². The Kier molecular flexibility index (Phi) is 8.23. The lowest BCUT2D eigenvalue weighted by molar-refractivity contribution is -0.152. The molecule has 3 N–H and O–H groups in total. The number of aliphatic hydroxyl groups is 1. The second-order valence-electron chi connectivity index (χ2n) is 9.94. The van der Waals surface area contributed by atoms with Crippen molar-refractivity contribution in [1.29, 1.82) is 0 Å². The van der Waals surface area contributed by atoms with Gasteiger partial charge in [-0.2, -0.15) is 0 Å². The van der Waals surface area contributed by atoms with E-state index in [4.69, 9.17) is 14.5 Å². The number of pyridine rings is 1. The number of fused-ring (bicyclic) bond motifs is 1. The molecular weight excluding hydrogens is 460 g/mol. The first-order valence-electron chi connectivity index (χ1n) is 12.6. The van der Waals surface area contributed by atoms with E-state index in [1.54, 1.807) is 33.9 Å². The van der Waals surface area contributed by atoms with Gasteiger partial charge >= 0.3 is 5.97 Å². The fraction of sp³-hybridized carbons (Fsp3) is 0.519. The summed E-state index contributed by atoms with van der Waals surface area (Å²) in [6.45, 7) is 9.58. The lowest BCUT2D eigenvalue weighted by Crippen LogP contribution is -2.46. The van der Waals surface area contributed by atoms with Crippen molar-refractivity contribution in [2.24, 2.45) is 5.92 Å². The third kappa shape index (κ3) is 6.03. The van der Waals surface area contributed by atoms with Crippen LogP contribution in [0.1, 0.15) is 44.7 Å². The Morgan fingerprint density at radius 3 is 2.81 bits per heavy atom. The van der Waals surface area contributed by atoms with Crippen LogP contribution in [0.3, 0.4) is 0 Å². The van der Waals surface area contributed by atoms with Gasteiger partial charge in [0.05, 0.1) is 29.8 Å². The summed E-state index contributed by atoms with van der Waals surface area (Å²) >= 11 is 0. The number of hydrogen-bond acceptors (Lipinski definition) is 7. The highest BCUT2D eigenvalue weighted by atomic mass is 16.5. The van der Waals surface area contributed by atoms with Gasteiger partial charge in [-0.05, 0) is 64.3 Å². The van der Waals surface area contributed by atoms with E-state index in [1.165, 1.54) is 0 Å². The number of H-pyrrole nitrogens is 1. The Bertz CT molecular complexity index is 1260. The summed E-state index contributed by atoms with van der Waals surface area (Å²) in [6, 6.07) is 7.07. The SMILES string of the molecule is Cc1cc(-c2nc3cc(CN[C@H](C(=O)OC(C)C)[C@@H](C)O)ccc3n2CC2CCCOC2)c[nH]c1=O. The monoisotopic (exact) mass is 496 g/mol. The van der Waals surface area contributed by atoms with Gasteiger partial charge in [-0.15, -0.1) is 0 Å². The minimum atomic E-state index is -0.896. The minimum absolute atomic E-state index is 0.112. The molecule has 0 aliphatic carbocycles. The first-order valence-corrected chi connectivity index (χ1v) is 12.6. The molecule has 0 amide bonds. The third-order valence-electron chi connectivity index (χ3n) is 6.47. The Hall–Kier alpha value is -3.01. The maximum Gasteiger partial charge on any atom is 0.326 e. The lowest BCUT2D eigenvalue weighted by Gasteiger charge is -2.23. The molecule has 36 heavy (non-hydrogen) atoms. The van der Waals surface area contributed by atoms with Gasteiger partial charge in [0, 0.05) is 42.9 Å². The van der Waals surface area contributed by atoms with E-state index in [-0.39, 0.29) is 11.7 Å². The summed E-state index contributed by atoms with van der Waals surface area (Å²) in [6.07, 6.45) is 2.70. The molecule has 0 radical (unpaired) electrons. The first kappa shape index (κ1) is 26.1. The summed E-state index contributed by atoms with van der Waals surface area (Å²) < 4.78 is 13.2. The maximum atomic E-state index is 12.4. The second-order valence-corrected chi connectivity index (χ2v) is 9.94. The molecule has 9 heteroatoms. The molecule has 0 spiro atoms. The molecule has 3 atom stereocenters. The van der Waals surface area contributed by atoms with Crippen LogP contribution in [0.4, 0.5) is 0 Å². The molecule has 0 bridgehead atoms. The van der Waals surface area contributed by atoms with Crippen molar-refractivity contribution in [2.75, 3.05) is 13.2 Å². The predicted octanol–water partition coefficient (Wildman–Crippen LogP) is 2.92. The second kappa shape index (κ2) is 11.4. The summed E-state index contributed by atoms with van der Waals surface area (Å²) in [5.74, 6) is 0.706. The highest BCUT2D eigenvalue weighted by Crippen LogP contribution is 2.28. The van der Waals surface area contributed by atoms with Crippen molar-refractivity contribution in [3.63, 3.8) is 0 Å². The van der Waals surface area contributed by atoms with Crippen LogP contribution >= 0.6 is 0 Å². The van der Waals surface area contributed by atoms with Crippen molar-refractivity contribution < 1.29 is 19.4 Å². The van der Waals surface area contributed by atoms with Crippen LogP contribution in [0.25, 0.3) is 22.4 Å². The summed E-state index contributed by atoms with van der Waals surface area (Å²) in [4.78, 5) is 32.1. The van der Waals surface area contributed by atoms with Gasteiger partial charge in [-0.25, -0.2) is 4.98 Å². The number of aromatic amines is 1. The minimum Gasteiger partial charge on any atom is -0.462 e. The zero-order valence-corrected chi connectivity index (χ0v) is 21.4. The number of carbonyl (C=O) groups is 1. The molecular formula is C27H36N4O5. The molecule has 9 nitrogen and oxygen atoms in total. The number of hydrogen-bond donors (Lipinski definition) is 3. The molecule has 1 aliphatic rings. The van der Waals surface area contributed by atoms with E-state index in [0.29, 0.717) is 18.0 Å². The van der Waals surface area contributed by atoms with E-state index in [0.717, 1.165) is 60.6 Å². The number of esters is 1. The van der Waals surface area contributed by atoms with Gasteiger partial charge in [-0.1, -0.05) is 6.07 Å². The number of aryl methyl sites for hydroxylation is 1. The Morgan fingerprint density at radius 1 is 1.33 bits per heavy atom. The average Bonchev–Trinajstić information content (AvgIpc) is 3.18. The zero-order chi connectivity index (χ0) is 25.8. The molecule has 4 rings (SSSR count). The van der Waals surface area contributed by atoms with Crippen LogP contribution in [-0.4, -0.2) is 57.1 Å². The first-order chi connectivity index (χ1) is 17.2. The van der Waals surface area contributed by atoms with Crippen LogP contribution in [0.5, 0.6) is 0 Å². The molecule has 3 aromatic rings.